The molecule has 0 aliphatic carbocycles. The highest BCUT2D eigenvalue weighted by Crippen LogP contribution is 2.31. The van der Waals surface area contributed by atoms with Crippen LogP contribution in [0.15, 0.2) is 65.4 Å². The molecular formula is C21H17ClN4O2. The molecule has 0 unspecified atom stereocenters. The van der Waals surface area contributed by atoms with E-state index >= 15 is 0 Å². The van der Waals surface area contributed by atoms with Gasteiger partial charge in [0, 0.05) is 30.1 Å². The van der Waals surface area contributed by atoms with Crippen LogP contribution in [0.5, 0.6) is 0 Å². The molecule has 0 spiro atoms. The van der Waals surface area contributed by atoms with Gasteiger partial charge in [0.25, 0.3) is 5.91 Å². The van der Waals surface area contributed by atoms with E-state index in [1.807, 2.05) is 42.5 Å². The zero-order valence-corrected chi connectivity index (χ0v) is 15.8. The summed E-state index contributed by atoms with van der Waals surface area (Å²) in [5.74, 6) is 0.914. The number of halogens is 1. The molecule has 0 aliphatic heterocycles. The Hall–Kier alpha value is -3.38. The zero-order chi connectivity index (χ0) is 19.5. The molecule has 140 valence electrons. The van der Waals surface area contributed by atoms with Gasteiger partial charge in [-0.25, -0.2) is 4.98 Å². The van der Waals surface area contributed by atoms with Crippen molar-refractivity contribution in [1.82, 2.24) is 20.4 Å². The average molecular weight is 393 g/mol. The molecule has 0 saturated heterocycles. The minimum Gasteiger partial charge on any atom is -0.360 e. The third kappa shape index (κ3) is 3.42. The summed E-state index contributed by atoms with van der Waals surface area (Å²) in [5.41, 5.74) is 3.34. The Bertz CT molecular complexity index is 1120. The van der Waals surface area contributed by atoms with Crippen molar-refractivity contribution in [3.05, 3.63) is 82.8 Å². The number of H-pyrrole nitrogens is 1. The molecule has 6 nitrogen and oxygen atoms in total. The normalized spacial score (nSPS) is 10.8. The number of hydrogen-bond donors (Lipinski definition) is 2. The quantitative estimate of drug-likeness (QED) is 0.519. The van der Waals surface area contributed by atoms with E-state index in [0.29, 0.717) is 34.1 Å². The van der Waals surface area contributed by atoms with Gasteiger partial charge in [-0.2, -0.15) is 0 Å². The summed E-state index contributed by atoms with van der Waals surface area (Å²) in [5, 5.41) is 7.50. The van der Waals surface area contributed by atoms with Crippen molar-refractivity contribution in [1.29, 1.82) is 0 Å². The third-order valence-electron chi connectivity index (χ3n) is 4.43. The predicted molar refractivity (Wildman–Crippen MR) is 107 cm³/mol. The van der Waals surface area contributed by atoms with Crippen LogP contribution in [0.25, 0.3) is 22.6 Å². The Balaban J connectivity index is 1.60. The Morgan fingerprint density at radius 1 is 1.14 bits per heavy atom. The minimum absolute atomic E-state index is 0.275. The topological polar surface area (TPSA) is 83.8 Å². The van der Waals surface area contributed by atoms with Crippen LogP contribution in [0.3, 0.4) is 0 Å². The molecule has 2 aromatic carbocycles. The van der Waals surface area contributed by atoms with E-state index < -0.39 is 0 Å². The number of amides is 1. The molecule has 2 aromatic heterocycles. The highest BCUT2D eigenvalue weighted by molar-refractivity contribution is 6.33. The van der Waals surface area contributed by atoms with Gasteiger partial charge in [-0.15, -0.1) is 0 Å². The fourth-order valence-electron chi connectivity index (χ4n) is 3.06. The fraction of sp³-hybridized carbons (Fsp3) is 0.0952. The SMILES string of the molecule is Cc1onc(-c2ccccc2Cl)c1C(=O)NCc1ccccc1-c1ncc[nH]1. The van der Waals surface area contributed by atoms with Gasteiger partial charge in [-0.05, 0) is 18.6 Å². The van der Waals surface area contributed by atoms with Crippen molar-refractivity contribution < 1.29 is 9.32 Å². The van der Waals surface area contributed by atoms with Gasteiger partial charge >= 0.3 is 0 Å². The van der Waals surface area contributed by atoms with Crippen molar-refractivity contribution in [2.24, 2.45) is 0 Å². The van der Waals surface area contributed by atoms with Gasteiger partial charge < -0.3 is 14.8 Å². The lowest BCUT2D eigenvalue weighted by Crippen LogP contribution is -2.24. The van der Waals surface area contributed by atoms with Crippen LogP contribution in [-0.2, 0) is 6.54 Å². The van der Waals surface area contributed by atoms with Crippen LogP contribution in [0.1, 0.15) is 21.7 Å². The van der Waals surface area contributed by atoms with Gasteiger partial charge in [0.2, 0.25) is 0 Å². The Kier molecular flexibility index (Phi) is 4.95. The van der Waals surface area contributed by atoms with Crippen molar-refractivity contribution >= 4 is 17.5 Å². The van der Waals surface area contributed by atoms with Crippen LogP contribution < -0.4 is 5.32 Å². The van der Waals surface area contributed by atoms with E-state index in [4.69, 9.17) is 16.1 Å². The third-order valence-corrected chi connectivity index (χ3v) is 4.76. The monoisotopic (exact) mass is 392 g/mol. The first-order valence-corrected chi connectivity index (χ1v) is 9.10. The molecule has 1 amide bonds. The maximum absolute atomic E-state index is 12.9. The van der Waals surface area contributed by atoms with Gasteiger partial charge in [0.15, 0.2) is 0 Å². The largest absolute Gasteiger partial charge is 0.360 e. The summed E-state index contributed by atoms with van der Waals surface area (Å²) in [6, 6.07) is 15.0. The van der Waals surface area contributed by atoms with Crippen molar-refractivity contribution in [3.63, 3.8) is 0 Å². The Morgan fingerprint density at radius 2 is 1.89 bits per heavy atom. The lowest BCUT2D eigenvalue weighted by molar-refractivity contribution is 0.0950. The highest BCUT2D eigenvalue weighted by Gasteiger charge is 2.23. The van der Waals surface area contributed by atoms with Crippen LogP contribution >= 0.6 is 11.6 Å². The standard InChI is InChI=1S/C21H17ClN4O2/c1-13-18(19(26-28-13)16-8-4-5-9-17(16)22)21(27)25-12-14-6-2-3-7-15(14)20-23-10-11-24-20/h2-11H,12H2,1H3,(H,23,24)(H,25,27). The van der Waals surface area contributed by atoms with E-state index in [1.165, 1.54) is 0 Å². The molecule has 0 atom stereocenters. The summed E-state index contributed by atoms with van der Waals surface area (Å²) < 4.78 is 5.28. The Morgan fingerprint density at radius 3 is 2.64 bits per heavy atom. The van der Waals surface area contributed by atoms with Gasteiger partial charge in [0.05, 0.1) is 5.02 Å². The van der Waals surface area contributed by atoms with E-state index in [-0.39, 0.29) is 5.91 Å². The Labute approximate surface area is 166 Å². The highest BCUT2D eigenvalue weighted by atomic mass is 35.5. The lowest BCUT2D eigenvalue weighted by atomic mass is 10.0. The fourth-order valence-corrected chi connectivity index (χ4v) is 3.28. The molecule has 0 aliphatic rings. The molecule has 28 heavy (non-hydrogen) atoms. The second-order valence-electron chi connectivity index (χ2n) is 6.22. The van der Waals surface area contributed by atoms with Crippen molar-refractivity contribution in [2.75, 3.05) is 0 Å². The number of carbonyl (C=O) groups excluding carboxylic acids is 1. The second kappa shape index (κ2) is 7.70. The molecule has 0 bridgehead atoms. The van der Waals surface area contributed by atoms with Crippen LogP contribution in [0, 0.1) is 6.92 Å². The smallest absolute Gasteiger partial charge is 0.257 e. The first kappa shape index (κ1) is 18.0. The number of rotatable bonds is 5. The van der Waals surface area contributed by atoms with Gasteiger partial charge in [-0.3, -0.25) is 4.79 Å². The summed E-state index contributed by atoms with van der Waals surface area (Å²) in [4.78, 5) is 20.3. The number of imidazole rings is 1. The first-order chi connectivity index (χ1) is 13.6. The van der Waals surface area contributed by atoms with Crippen molar-refractivity contribution in [3.8, 4) is 22.6 Å². The summed E-state index contributed by atoms with van der Waals surface area (Å²) in [6.45, 7) is 2.04. The number of carbonyl (C=O) groups is 1. The lowest BCUT2D eigenvalue weighted by Gasteiger charge is -2.10. The van der Waals surface area contributed by atoms with Crippen LogP contribution in [0.4, 0.5) is 0 Å². The summed E-state index contributed by atoms with van der Waals surface area (Å²) in [6.07, 6.45) is 3.46. The number of benzene rings is 2. The molecule has 2 heterocycles. The maximum Gasteiger partial charge on any atom is 0.257 e. The molecular weight excluding hydrogens is 376 g/mol. The van der Waals surface area contributed by atoms with E-state index in [0.717, 1.165) is 17.0 Å². The van der Waals surface area contributed by atoms with Gasteiger partial charge in [0.1, 0.15) is 22.8 Å². The molecule has 4 rings (SSSR count). The average Bonchev–Trinajstić information content (AvgIpc) is 3.37. The van der Waals surface area contributed by atoms with E-state index in [1.54, 1.807) is 25.4 Å². The molecule has 2 N–H and O–H groups in total. The maximum atomic E-state index is 12.9. The number of aromatic nitrogens is 3. The van der Waals surface area contributed by atoms with Gasteiger partial charge in [-0.1, -0.05) is 59.2 Å². The molecule has 0 fully saturated rings. The molecule has 7 heteroatoms. The number of nitrogens with zero attached hydrogens (tertiary/aromatic N) is 2. The number of aryl methyl sites for hydroxylation is 1. The van der Waals surface area contributed by atoms with Crippen LogP contribution in [0.2, 0.25) is 5.02 Å². The number of aromatic amines is 1. The zero-order valence-electron chi connectivity index (χ0n) is 15.1. The molecule has 0 saturated carbocycles. The second-order valence-corrected chi connectivity index (χ2v) is 6.63. The van der Waals surface area contributed by atoms with Crippen molar-refractivity contribution in [2.45, 2.75) is 13.5 Å². The summed E-state index contributed by atoms with van der Waals surface area (Å²) >= 11 is 6.27. The molecule has 0 radical (unpaired) electrons. The summed E-state index contributed by atoms with van der Waals surface area (Å²) in [7, 11) is 0. The first-order valence-electron chi connectivity index (χ1n) is 8.72. The number of nitrogens with one attached hydrogen (secondary N) is 2. The minimum atomic E-state index is -0.275. The van der Waals surface area contributed by atoms with E-state index in [9.17, 15) is 4.79 Å². The molecule has 4 aromatic rings. The van der Waals surface area contributed by atoms with Crippen LogP contribution in [-0.4, -0.2) is 21.0 Å². The predicted octanol–water partition coefficient (Wildman–Crippen LogP) is 4.62. The van der Waals surface area contributed by atoms with E-state index in [2.05, 4.69) is 20.4 Å². The number of hydrogen-bond acceptors (Lipinski definition) is 4.